The van der Waals surface area contributed by atoms with Gasteiger partial charge in [0.25, 0.3) is 0 Å². The number of hydrogen-bond donors (Lipinski definition) is 0. The van der Waals surface area contributed by atoms with Crippen molar-refractivity contribution in [2.75, 3.05) is 0 Å². The second-order valence-electron chi connectivity index (χ2n) is 5.82. The molecule has 12 heavy (non-hydrogen) atoms. The van der Waals surface area contributed by atoms with Crippen LogP contribution in [-0.2, 0) is 0 Å². The maximum absolute atomic E-state index is 2.54. The van der Waals surface area contributed by atoms with E-state index in [1.807, 2.05) is 0 Å². The van der Waals surface area contributed by atoms with Crippen molar-refractivity contribution in [1.82, 2.24) is 0 Å². The van der Waals surface area contributed by atoms with E-state index in [1.54, 1.807) is 0 Å². The van der Waals surface area contributed by atoms with Crippen LogP contribution in [0.4, 0.5) is 0 Å². The van der Waals surface area contributed by atoms with Gasteiger partial charge in [0.2, 0.25) is 0 Å². The first kappa shape index (κ1) is 15.5. The summed E-state index contributed by atoms with van der Waals surface area (Å²) in [7, 11) is -1.58. The molecule has 0 heterocycles. The summed E-state index contributed by atoms with van der Waals surface area (Å²) in [6, 6.07) is 2.80. The molecule has 0 aliphatic carbocycles. The van der Waals surface area contributed by atoms with Gasteiger partial charge in [0.05, 0.1) is 0 Å². The quantitative estimate of drug-likeness (QED) is 0.460. The van der Waals surface area contributed by atoms with Gasteiger partial charge < -0.3 is 6.42 Å². The molecule has 3 heteroatoms. The van der Waals surface area contributed by atoms with Crippen molar-refractivity contribution in [3.05, 3.63) is 6.42 Å². The molecular weight excluding hydrogens is 171 g/mol. The molecule has 0 aliphatic rings. The van der Waals surface area contributed by atoms with Crippen LogP contribution in [0.5, 0.6) is 0 Å². The Morgan fingerprint density at radius 2 is 1.00 bits per heavy atom. The molecule has 0 fully saturated rings. The van der Waals surface area contributed by atoms with Crippen molar-refractivity contribution in [2.45, 2.75) is 51.4 Å². The van der Waals surface area contributed by atoms with Crippen molar-refractivity contribution in [3.63, 3.8) is 0 Å². The van der Waals surface area contributed by atoms with Gasteiger partial charge in [-0.3, -0.25) is 0 Å². The molecule has 0 amide bonds. The number of rotatable bonds is 4. The van der Waals surface area contributed by atoms with Gasteiger partial charge >= 0.3 is 18.9 Å². The summed E-state index contributed by atoms with van der Waals surface area (Å²) in [5.41, 5.74) is 0. The molecule has 0 aliphatic heterocycles. The first-order valence-corrected chi connectivity index (χ1v) is 11.9. The Morgan fingerprint density at radius 1 is 0.750 bits per heavy atom. The molecule has 0 radical (unpaired) electrons. The third-order valence-corrected chi connectivity index (χ3v) is 4.54. The topological polar surface area (TPSA) is 0 Å². The van der Waals surface area contributed by atoms with E-state index in [0.29, 0.717) is 0 Å². The van der Waals surface area contributed by atoms with E-state index in [2.05, 4.69) is 45.7 Å². The maximum atomic E-state index is 2.54. The van der Waals surface area contributed by atoms with Gasteiger partial charge in [-0.15, -0.1) is 0 Å². The van der Waals surface area contributed by atoms with Crippen molar-refractivity contribution >= 4 is 16.1 Å². The van der Waals surface area contributed by atoms with Gasteiger partial charge in [0.15, 0.2) is 0 Å². The fraction of sp³-hybridized carbons (Fsp3) is 0.889. The van der Waals surface area contributed by atoms with E-state index in [9.17, 15) is 0 Å². The molecule has 0 aromatic rings. The summed E-state index contributed by atoms with van der Waals surface area (Å²) in [6.07, 6.45) is 2.54. The monoisotopic (exact) mass is 194 g/mol. The summed E-state index contributed by atoms with van der Waals surface area (Å²) in [6.45, 7) is 14.6. The predicted molar refractivity (Wildman–Crippen MR) is 60.6 cm³/mol. The third kappa shape index (κ3) is 13.6. The molecule has 0 aromatic heterocycles. The van der Waals surface area contributed by atoms with Crippen molar-refractivity contribution in [2.24, 2.45) is 0 Å². The Balaban J connectivity index is 0. The summed E-state index contributed by atoms with van der Waals surface area (Å²) in [5, 5.41) is 0. The molecule has 0 aromatic carbocycles. The molecule has 68 valence electrons. The fourth-order valence-electron chi connectivity index (χ4n) is 0.938. The van der Waals surface area contributed by atoms with Gasteiger partial charge in [-0.25, -0.2) is 0 Å². The molecule has 0 atom stereocenters. The minimum absolute atomic E-state index is 0. The fourth-order valence-corrected chi connectivity index (χ4v) is 3.25. The third-order valence-electron chi connectivity index (χ3n) is 1.51. The van der Waals surface area contributed by atoms with Crippen LogP contribution >= 0.6 is 0 Å². The Labute approximate surface area is 92.7 Å². The van der Waals surface area contributed by atoms with E-state index in [4.69, 9.17) is 0 Å². The van der Waals surface area contributed by atoms with E-state index < -0.39 is 16.1 Å². The second-order valence-corrected chi connectivity index (χ2v) is 16.9. The SMILES string of the molecule is C[Si](C)(C)C[CH-]C[Si](C)(C)C.[Li+]. The molecule has 0 saturated carbocycles. The first-order valence-electron chi connectivity index (χ1n) is 4.52. The van der Waals surface area contributed by atoms with Crippen LogP contribution in [0.2, 0.25) is 51.4 Å². The summed E-state index contributed by atoms with van der Waals surface area (Å²) < 4.78 is 0. The Kier molecular flexibility index (Phi) is 7.36. The molecule has 0 bridgehead atoms. The zero-order valence-corrected chi connectivity index (χ0v) is 12.0. The zero-order valence-electron chi connectivity index (χ0n) is 9.99. The molecule has 0 N–H and O–H groups in total. The zero-order chi connectivity index (χ0) is 9.12. The summed E-state index contributed by atoms with van der Waals surface area (Å²) in [5.74, 6) is 0. The van der Waals surface area contributed by atoms with Crippen LogP contribution in [0.3, 0.4) is 0 Å². The predicted octanol–water partition coefficient (Wildman–Crippen LogP) is 0.871. The molecule has 0 rings (SSSR count). The standard InChI is InChI=1S/C9H23Si2.Li/c1-10(2,3)8-7-9-11(4,5)6;/h7H,8-9H2,1-6H3;/q-1;+1. The van der Waals surface area contributed by atoms with E-state index in [-0.39, 0.29) is 18.9 Å². The minimum Gasteiger partial charge on any atom is -0.334 e. The average Bonchev–Trinajstić information content (AvgIpc) is 1.55. The van der Waals surface area contributed by atoms with Crippen LogP contribution in [0.15, 0.2) is 0 Å². The van der Waals surface area contributed by atoms with Gasteiger partial charge in [0.1, 0.15) is 0 Å². The summed E-state index contributed by atoms with van der Waals surface area (Å²) >= 11 is 0. The minimum atomic E-state index is -0.790. The second kappa shape index (κ2) is 5.70. The molecule has 0 saturated heterocycles. The van der Waals surface area contributed by atoms with Crippen LogP contribution < -0.4 is 18.9 Å². The van der Waals surface area contributed by atoms with Crippen molar-refractivity contribution < 1.29 is 18.9 Å². The molecule has 0 nitrogen and oxygen atoms in total. The largest absolute Gasteiger partial charge is 1.00 e. The van der Waals surface area contributed by atoms with E-state index in [0.717, 1.165) is 0 Å². The van der Waals surface area contributed by atoms with Crippen molar-refractivity contribution in [3.8, 4) is 0 Å². The van der Waals surface area contributed by atoms with Crippen LogP contribution in [0.1, 0.15) is 0 Å². The average molecular weight is 194 g/mol. The molecule has 0 unspecified atom stereocenters. The Morgan fingerprint density at radius 3 is 1.17 bits per heavy atom. The molecule has 0 spiro atoms. The van der Waals surface area contributed by atoms with Crippen molar-refractivity contribution in [1.29, 1.82) is 0 Å². The van der Waals surface area contributed by atoms with Gasteiger partial charge in [-0.2, -0.15) is 12.1 Å². The van der Waals surface area contributed by atoms with Crippen LogP contribution in [0.25, 0.3) is 0 Å². The van der Waals surface area contributed by atoms with Gasteiger partial charge in [0, 0.05) is 16.1 Å². The Bertz CT molecular complexity index is 96.7. The maximum Gasteiger partial charge on any atom is 1.00 e. The van der Waals surface area contributed by atoms with Crippen LogP contribution in [-0.4, -0.2) is 16.1 Å². The first-order chi connectivity index (χ1) is 4.71. The van der Waals surface area contributed by atoms with E-state index >= 15 is 0 Å². The van der Waals surface area contributed by atoms with Crippen LogP contribution in [0, 0.1) is 6.42 Å². The normalized spacial score (nSPS) is 12.5. The molecular formula is C9H23LiSi2. The van der Waals surface area contributed by atoms with E-state index in [1.165, 1.54) is 12.1 Å². The Hall–Kier alpha value is 1.03. The number of hydrogen-bond acceptors (Lipinski definition) is 0. The smallest absolute Gasteiger partial charge is 0.334 e. The summed E-state index contributed by atoms with van der Waals surface area (Å²) in [4.78, 5) is 0. The van der Waals surface area contributed by atoms with Gasteiger partial charge in [-0.05, 0) is 0 Å². The van der Waals surface area contributed by atoms with Gasteiger partial charge in [-0.1, -0.05) is 39.3 Å².